The van der Waals surface area contributed by atoms with Gasteiger partial charge in [-0.1, -0.05) is 0 Å². The minimum atomic E-state index is -0.917. The second kappa shape index (κ2) is 7.73. The summed E-state index contributed by atoms with van der Waals surface area (Å²) in [7, 11) is 1.23. The smallest absolute Gasteiger partial charge is 0.325 e. The van der Waals surface area contributed by atoms with E-state index in [1.165, 1.54) is 24.9 Å². The largest absolute Gasteiger partial charge is 0.468 e. The molecule has 4 nitrogen and oxygen atoms in total. The molecule has 0 bridgehead atoms. The Labute approximate surface area is 113 Å². The Morgan fingerprint density at radius 2 is 2.05 bits per heavy atom. The molecule has 0 unspecified atom stereocenters. The fraction of sp³-hybridized carbons (Fsp3) is 0.333. The van der Waals surface area contributed by atoms with Gasteiger partial charge in [-0.05, 0) is 18.2 Å². The lowest BCUT2D eigenvalue weighted by molar-refractivity contribution is -0.141. The first-order chi connectivity index (χ1) is 9.02. The molecular formula is C12H13F2NO3S. The van der Waals surface area contributed by atoms with Crippen LogP contribution in [-0.2, 0) is 14.3 Å². The molecule has 0 saturated carbocycles. The highest BCUT2D eigenvalue weighted by molar-refractivity contribution is 7.99. The number of halogens is 2. The maximum atomic E-state index is 12.9. The van der Waals surface area contributed by atoms with Gasteiger partial charge in [0, 0.05) is 17.1 Å². The molecule has 1 aromatic rings. The number of rotatable bonds is 6. The molecule has 7 heteroatoms. The minimum Gasteiger partial charge on any atom is -0.468 e. The molecular weight excluding hydrogens is 276 g/mol. The SMILES string of the molecule is COC(=O)CNC(=O)CCSc1ccc(F)c(F)c1. The summed E-state index contributed by atoms with van der Waals surface area (Å²) >= 11 is 1.23. The zero-order valence-electron chi connectivity index (χ0n) is 10.2. The Hall–Kier alpha value is -1.63. The standard InChI is InChI=1S/C12H13F2NO3S/c1-18-12(17)7-15-11(16)4-5-19-8-2-3-9(13)10(14)6-8/h2-3,6H,4-5,7H2,1H3,(H,15,16). The first-order valence-corrected chi connectivity index (χ1v) is 6.43. The number of ether oxygens (including phenoxy) is 1. The van der Waals surface area contributed by atoms with Gasteiger partial charge in [0.15, 0.2) is 11.6 Å². The Morgan fingerprint density at radius 3 is 2.68 bits per heavy atom. The number of carbonyl (C=O) groups is 2. The number of nitrogens with one attached hydrogen (secondary N) is 1. The highest BCUT2D eigenvalue weighted by Gasteiger charge is 2.06. The van der Waals surface area contributed by atoms with Crippen LogP contribution in [0, 0.1) is 11.6 Å². The van der Waals surface area contributed by atoms with E-state index in [2.05, 4.69) is 10.1 Å². The maximum absolute atomic E-state index is 12.9. The lowest BCUT2D eigenvalue weighted by atomic mass is 10.3. The predicted octanol–water partition coefficient (Wildman–Crippen LogP) is 1.74. The summed E-state index contributed by atoms with van der Waals surface area (Å²) in [5.74, 6) is -2.25. The summed E-state index contributed by atoms with van der Waals surface area (Å²) in [6.45, 7) is -0.175. The number of thioether (sulfide) groups is 1. The van der Waals surface area contributed by atoms with Gasteiger partial charge in [0.2, 0.25) is 5.91 Å². The van der Waals surface area contributed by atoms with E-state index in [1.807, 2.05) is 0 Å². The van der Waals surface area contributed by atoms with E-state index in [0.717, 1.165) is 12.1 Å². The Bertz CT molecular complexity index is 468. The normalized spacial score (nSPS) is 10.1. The van der Waals surface area contributed by atoms with Crippen molar-refractivity contribution in [1.82, 2.24) is 5.32 Å². The van der Waals surface area contributed by atoms with Crippen molar-refractivity contribution < 1.29 is 23.1 Å². The zero-order chi connectivity index (χ0) is 14.3. The molecule has 0 aromatic heterocycles. The average Bonchev–Trinajstić information content (AvgIpc) is 2.40. The van der Waals surface area contributed by atoms with Crippen LogP contribution < -0.4 is 5.32 Å². The highest BCUT2D eigenvalue weighted by atomic mass is 32.2. The van der Waals surface area contributed by atoms with Gasteiger partial charge in [0.25, 0.3) is 0 Å². The van der Waals surface area contributed by atoms with Crippen molar-refractivity contribution >= 4 is 23.6 Å². The van der Waals surface area contributed by atoms with Crippen molar-refractivity contribution in [3.63, 3.8) is 0 Å². The molecule has 0 aliphatic rings. The Balaban J connectivity index is 2.28. The van der Waals surface area contributed by atoms with E-state index in [0.29, 0.717) is 10.6 Å². The molecule has 1 aromatic carbocycles. The first-order valence-electron chi connectivity index (χ1n) is 5.44. The molecule has 0 aliphatic carbocycles. The third-order valence-electron chi connectivity index (χ3n) is 2.15. The van der Waals surface area contributed by atoms with Gasteiger partial charge in [-0.3, -0.25) is 9.59 Å². The van der Waals surface area contributed by atoms with E-state index in [9.17, 15) is 18.4 Å². The zero-order valence-corrected chi connectivity index (χ0v) is 11.1. The lowest BCUT2D eigenvalue weighted by Gasteiger charge is -2.04. The number of amides is 1. The Morgan fingerprint density at radius 1 is 1.32 bits per heavy atom. The number of benzene rings is 1. The first kappa shape index (κ1) is 15.4. The number of methoxy groups -OCH3 is 1. The molecule has 0 spiro atoms. The van der Waals surface area contributed by atoms with Crippen LogP contribution in [0.5, 0.6) is 0 Å². The number of esters is 1. The van der Waals surface area contributed by atoms with E-state index in [4.69, 9.17) is 0 Å². The second-order valence-electron chi connectivity index (χ2n) is 3.53. The van der Waals surface area contributed by atoms with Crippen LogP contribution in [0.4, 0.5) is 8.78 Å². The van der Waals surface area contributed by atoms with Crippen LogP contribution in [0.1, 0.15) is 6.42 Å². The summed E-state index contributed by atoms with van der Waals surface area (Å²) in [6.07, 6.45) is 0.167. The van der Waals surface area contributed by atoms with E-state index >= 15 is 0 Å². The van der Waals surface area contributed by atoms with Gasteiger partial charge in [-0.25, -0.2) is 8.78 Å². The molecule has 1 rings (SSSR count). The lowest BCUT2D eigenvalue weighted by Crippen LogP contribution is -2.30. The van der Waals surface area contributed by atoms with Gasteiger partial charge in [0.1, 0.15) is 6.54 Å². The van der Waals surface area contributed by atoms with Crippen molar-refractivity contribution in [3.8, 4) is 0 Å². The molecule has 0 heterocycles. The van der Waals surface area contributed by atoms with Crippen LogP contribution in [0.3, 0.4) is 0 Å². The molecule has 1 amide bonds. The van der Waals surface area contributed by atoms with Gasteiger partial charge in [0.05, 0.1) is 7.11 Å². The molecule has 0 saturated heterocycles. The maximum Gasteiger partial charge on any atom is 0.325 e. The van der Waals surface area contributed by atoms with Gasteiger partial charge in [-0.15, -0.1) is 11.8 Å². The number of hydrogen-bond acceptors (Lipinski definition) is 4. The van der Waals surface area contributed by atoms with Gasteiger partial charge < -0.3 is 10.1 Å². The molecule has 1 N–H and O–H groups in total. The molecule has 19 heavy (non-hydrogen) atoms. The van der Waals surface area contributed by atoms with E-state index < -0.39 is 17.6 Å². The summed E-state index contributed by atoms with van der Waals surface area (Å²) in [6, 6.07) is 3.55. The third kappa shape index (κ3) is 5.69. The van der Waals surface area contributed by atoms with Crippen molar-refractivity contribution in [2.24, 2.45) is 0 Å². The van der Waals surface area contributed by atoms with Gasteiger partial charge in [-0.2, -0.15) is 0 Å². The van der Waals surface area contributed by atoms with Crippen LogP contribution >= 0.6 is 11.8 Å². The summed E-state index contributed by atoms with van der Waals surface area (Å²) < 4.78 is 29.9. The predicted molar refractivity (Wildman–Crippen MR) is 66.7 cm³/mol. The number of hydrogen-bond donors (Lipinski definition) is 1. The second-order valence-corrected chi connectivity index (χ2v) is 4.70. The highest BCUT2D eigenvalue weighted by Crippen LogP contribution is 2.20. The quantitative estimate of drug-likeness (QED) is 0.640. The van der Waals surface area contributed by atoms with Crippen molar-refractivity contribution in [3.05, 3.63) is 29.8 Å². The van der Waals surface area contributed by atoms with Crippen LogP contribution in [-0.4, -0.2) is 31.3 Å². The van der Waals surface area contributed by atoms with E-state index in [1.54, 1.807) is 0 Å². The minimum absolute atomic E-state index is 0.167. The summed E-state index contributed by atoms with van der Waals surface area (Å²) in [4.78, 5) is 22.6. The fourth-order valence-corrected chi connectivity index (χ4v) is 2.03. The van der Waals surface area contributed by atoms with E-state index in [-0.39, 0.29) is 18.9 Å². The Kier molecular flexibility index (Phi) is 6.27. The average molecular weight is 289 g/mol. The fourth-order valence-electron chi connectivity index (χ4n) is 1.16. The molecule has 0 radical (unpaired) electrons. The third-order valence-corrected chi connectivity index (χ3v) is 3.14. The van der Waals surface area contributed by atoms with Crippen molar-refractivity contribution in [2.45, 2.75) is 11.3 Å². The summed E-state index contributed by atoms with van der Waals surface area (Å²) in [5, 5.41) is 2.38. The number of carbonyl (C=O) groups excluding carboxylic acids is 2. The topological polar surface area (TPSA) is 55.4 Å². The van der Waals surface area contributed by atoms with Crippen molar-refractivity contribution in [2.75, 3.05) is 19.4 Å². The van der Waals surface area contributed by atoms with Crippen molar-refractivity contribution in [1.29, 1.82) is 0 Å². The van der Waals surface area contributed by atoms with Crippen LogP contribution in [0.2, 0.25) is 0 Å². The molecule has 104 valence electrons. The molecule has 0 aliphatic heterocycles. The van der Waals surface area contributed by atoms with Gasteiger partial charge >= 0.3 is 5.97 Å². The molecule has 0 fully saturated rings. The van der Waals surface area contributed by atoms with Crippen LogP contribution in [0.25, 0.3) is 0 Å². The molecule has 0 atom stereocenters. The monoisotopic (exact) mass is 289 g/mol. The van der Waals surface area contributed by atoms with Crippen LogP contribution in [0.15, 0.2) is 23.1 Å². The summed E-state index contributed by atoms with van der Waals surface area (Å²) in [5.41, 5.74) is 0.